The molecule has 0 aliphatic carbocycles. The van der Waals surface area contributed by atoms with E-state index in [0.29, 0.717) is 25.8 Å². The smallest absolute Gasteiger partial charge is 0.407 e. The first-order valence-electron chi connectivity index (χ1n) is 9.43. The minimum absolute atomic E-state index is 0.137. The second-order valence-electron chi connectivity index (χ2n) is 6.45. The first-order chi connectivity index (χ1) is 14.0. The summed E-state index contributed by atoms with van der Waals surface area (Å²) >= 11 is 0. The van der Waals surface area contributed by atoms with E-state index in [1.54, 1.807) is 18.2 Å². The van der Waals surface area contributed by atoms with Crippen molar-refractivity contribution in [1.29, 1.82) is 5.26 Å². The van der Waals surface area contributed by atoms with Gasteiger partial charge in [-0.1, -0.05) is 61.4 Å². The number of sulfonamides is 1. The molecule has 1 amide bonds. The van der Waals surface area contributed by atoms with Crippen LogP contribution < -0.4 is 10.0 Å². The van der Waals surface area contributed by atoms with Crippen molar-refractivity contribution < 1.29 is 17.9 Å². The largest absolute Gasteiger partial charge is 0.445 e. The summed E-state index contributed by atoms with van der Waals surface area (Å²) in [4.78, 5) is 11.8. The molecule has 0 aliphatic rings. The zero-order chi connectivity index (χ0) is 21.0. The lowest BCUT2D eigenvalue weighted by molar-refractivity contribution is 0.139. The highest BCUT2D eigenvalue weighted by molar-refractivity contribution is 7.89. The Balaban J connectivity index is 1.60. The van der Waals surface area contributed by atoms with Crippen LogP contribution in [0.15, 0.2) is 65.6 Å². The number of rotatable bonds is 11. The summed E-state index contributed by atoms with van der Waals surface area (Å²) in [6.45, 7) is 0.679. The van der Waals surface area contributed by atoms with Gasteiger partial charge in [0.25, 0.3) is 0 Å². The van der Waals surface area contributed by atoms with Crippen LogP contribution in [0.2, 0.25) is 0 Å². The van der Waals surface area contributed by atoms with Gasteiger partial charge in [-0.2, -0.15) is 9.98 Å². The molecule has 0 saturated carbocycles. The molecular weight excluding hydrogens is 390 g/mol. The molecule has 8 heteroatoms. The molecule has 0 heterocycles. The van der Waals surface area contributed by atoms with Gasteiger partial charge in [0.2, 0.25) is 10.0 Å². The third-order valence-electron chi connectivity index (χ3n) is 4.16. The number of nitrogens with one attached hydrogen (secondary N) is 2. The van der Waals surface area contributed by atoms with Crippen molar-refractivity contribution >= 4 is 16.1 Å². The Morgan fingerprint density at radius 2 is 1.66 bits per heavy atom. The molecule has 0 bridgehead atoms. The van der Waals surface area contributed by atoms with E-state index in [4.69, 9.17) is 4.74 Å². The molecule has 2 aromatic rings. The van der Waals surface area contributed by atoms with E-state index in [-0.39, 0.29) is 11.5 Å². The minimum Gasteiger partial charge on any atom is -0.445 e. The second-order valence-corrected chi connectivity index (χ2v) is 8.17. The van der Waals surface area contributed by atoms with Gasteiger partial charge >= 0.3 is 6.09 Å². The molecule has 0 aromatic heterocycles. The minimum atomic E-state index is -3.71. The zero-order valence-corrected chi connectivity index (χ0v) is 16.9. The Morgan fingerprint density at radius 3 is 2.31 bits per heavy atom. The Kier molecular flexibility index (Phi) is 9.15. The molecule has 0 saturated heterocycles. The predicted molar refractivity (Wildman–Crippen MR) is 109 cm³/mol. The van der Waals surface area contributed by atoms with Crippen molar-refractivity contribution in [2.75, 3.05) is 6.54 Å². The molecule has 0 radical (unpaired) electrons. The summed E-state index contributed by atoms with van der Waals surface area (Å²) in [5.74, 6) is 0. The Bertz CT molecular complexity index is 897. The van der Waals surface area contributed by atoms with Crippen molar-refractivity contribution in [2.24, 2.45) is 0 Å². The molecule has 0 spiro atoms. The van der Waals surface area contributed by atoms with E-state index < -0.39 is 22.2 Å². The van der Waals surface area contributed by atoms with Gasteiger partial charge < -0.3 is 10.1 Å². The molecule has 0 aliphatic heterocycles. The number of alkyl carbamates (subject to hydrolysis) is 1. The maximum atomic E-state index is 12.3. The normalized spacial score (nSPS) is 12.0. The maximum Gasteiger partial charge on any atom is 0.407 e. The van der Waals surface area contributed by atoms with Crippen LogP contribution in [0, 0.1) is 11.3 Å². The zero-order valence-electron chi connectivity index (χ0n) is 16.1. The summed E-state index contributed by atoms with van der Waals surface area (Å²) in [5.41, 5.74) is 0.920. The summed E-state index contributed by atoms with van der Waals surface area (Å²) in [6, 6.07) is 18.6. The third-order valence-corrected chi connectivity index (χ3v) is 5.65. The van der Waals surface area contributed by atoms with Gasteiger partial charge in [0.05, 0.1) is 11.0 Å². The first kappa shape index (κ1) is 22.4. The number of carbonyl (C=O) groups is 1. The van der Waals surface area contributed by atoms with E-state index in [0.717, 1.165) is 12.0 Å². The summed E-state index contributed by atoms with van der Waals surface area (Å²) in [6.07, 6.45) is 2.06. The molecule has 2 aromatic carbocycles. The quantitative estimate of drug-likeness (QED) is 0.547. The third kappa shape index (κ3) is 8.34. The molecule has 1 atom stereocenters. The molecule has 2 N–H and O–H groups in total. The first-order valence-corrected chi connectivity index (χ1v) is 10.9. The number of carbonyl (C=O) groups excluding carboxylic acids is 1. The fourth-order valence-corrected chi connectivity index (χ4v) is 3.82. The molecule has 0 fully saturated rings. The van der Waals surface area contributed by atoms with Crippen molar-refractivity contribution in [3.8, 4) is 6.07 Å². The van der Waals surface area contributed by atoms with Gasteiger partial charge in [-0.05, 0) is 30.5 Å². The summed E-state index contributed by atoms with van der Waals surface area (Å²) in [7, 11) is -3.71. The number of nitrogens with zero attached hydrogens (tertiary/aromatic N) is 1. The monoisotopic (exact) mass is 415 g/mol. The van der Waals surface area contributed by atoms with E-state index in [2.05, 4.69) is 10.0 Å². The van der Waals surface area contributed by atoms with Gasteiger partial charge in [0, 0.05) is 6.54 Å². The number of amides is 1. The van der Waals surface area contributed by atoms with Crippen molar-refractivity contribution in [1.82, 2.24) is 10.0 Å². The lowest BCUT2D eigenvalue weighted by Gasteiger charge is -2.12. The summed E-state index contributed by atoms with van der Waals surface area (Å²) in [5, 5.41) is 11.9. The van der Waals surface area contributed by atoms with Crippen LogP contribution in [-0.4, -0.2) is 27.1 Å². The Hall–Kier alpha value is -2.89. The van der Waals surface area contributed by atoms with Crippen LogP contribution in [0.3, 0.4) is 0 Å². The summed E-state index contributed by atoms with van der Waals surface area (Å²) < 4.78 is 32.0. The fraction of sp³-hybridized carbons (Fsp3) is 0.333. The average molecular weight is 416 g/mol. The second kappa shape index (κ2) is 11.8. The van der Waals surface area contributed by atoms with Gasteiger partial charge in [-0.15, -0.1) is 0 Å². The SMILES string of the molecule is N#CC(CCCCCNC(=O)OCc1ccccc1)NS(=O)(=O)c1ccccc1. The van der Waals surface area contributed by atoms with Crippen molar-refractivity contribution in [3.63, 3.8) is 0 Å². The van der Waals surface area contributed by atoms with E-state index >= 15 is 0 Å². The number of hydrogen-bond donors (Lipinski definition) is 2. The van der Waals surface area contributed by atoms with Crippen LogP contribution in [0.4, 0.5) is 4.79 Å². The lowest BCUT2D eigenvalue weighted by Crippen LogP contribution is -2.33. The maximum absolute atomic E-state index is 12.3. The molecule has 29 heavy (non-hydrogen) atoms. The van der Waals surface area contributed by atoms with Crippen molar-refractivity contribution in [3.05, 3.63) is 66.2 Å². The Labute approximate surface area is 171 Å². The predicted octanol–water partition coefficient (Wildman–Crippen LogP) is 3.34. The average Bonchev–Trinajstić information content (AvgIpc) is 2.75. The van der Waals surface area contributed by atoms with Crippen LogP contribution >= 0.6 is 0 Å². The number of ether oxygens (including phenoxy) is 1. The van der Waals surface area contributed by atoms with E-state index in [1.807, 2.05) is 36.4 Å². The standard InChI is InChI=1S/C21H25N3O4S/c22-16-19(24-29(26,27)20-13-7-2-8-14-20)12-6-3-9-15-23-21(25)28-17-18-10-4-1-5-11-18/h1-2,4-5,7-8,10-11,13-14,19,24H,3,6,9,12,15,17H2,(H,23,25). The highest BCUT2D eigenvalue weighted by Gasteiger charge is 2.19. The topological polar surface area (TPSA) is 108 Å². The van der Waals surface area contributed by atoms with Crippen LogP contribution in [0.1, 0.15) is 31.2 Å². The fourth-order valence-electron chi connectivity index (χ4n) is 2.62. The van der Waals surface area contributed by atoms with E-state index in [1.165, 1.54) is 12.1 Å². The lowest BCUT2D eigenvalue weighted by atomic mass is 10.1. The number of nitriles is 1. The molecular formula is C21H25N3O4S. The van der Waals surface area contributed by atoms with Crippen LogP contribution in [-0.2, 0) is 21.4 Å². The van der Waals surface area contributed by atoms with Gasteiger partial charge in [0.1, 0.15) is 12.6 Å². The highest BCUT2D eigenvalue weighted by atomic mass is 32.2. The van der Waals surface area contributed by atoms with Crippen LogP contribution in [0.5, 0.6) is 0 Å². The molecule has 154 valence electrons. The molecule has 7 nitrogen and oxygen atoms in total. The van der Waals surface area contributed by atoms with E-state index in [9.17, 15) is 18.5 Å². The highest BCUT2D eigenvalue weighted by Crippen LogP contribution is 2.10. The van der Waals surface area contributed by atoms with Gasteiger partial charge in [-0.25, -0.2) is 13.2 Å². The number of benzene rings is 2. The van der Waals surface area contributed by atoms with Crippen LogP contribution in [0.25, 0.3) is 0 Å². The van der Waals surface area contributed by atoms with Gasteiger partial charge in [-0.3, -0.25) is 0 Å². The molecule has 2 rings (SSSR count). The number of unbranched alkanes of at least 4 members (excludes halogenated alkanes) is 2. The van der Waals surface area contributed by atoms with Crippen molar-refractivity contribution in [2.45, 2.75) is 43.2 Å². The number of hydrogen-bond acceptors (Lipinski definition) is 5. The van der Waals surface area contributed by atoms with Gasteiger partial charge in [0.15, 0.2) is 0 Å². The Morgan fingerprint density at radius 1 is 1.00 bits per heavy atom. The molecule has 1 unspecified atom stereocenters.